The predicted octanol–water partition coefficient (Wildman–Crippen LogP) is 0.657. The van der Waals surface area contributed by atoms with E-state index in [0.29, 0.717) is 24.0 Å². The Morgan fingerprint density at radius 1 is 1.31 bits per heavy atom. The molecule has 0 aromatic rings. The van der Waals surface area contributed by atoms with Gasteiger partial charge in [-0.3, -0.25) is 9.59 Å². The number of carbonyl (C=O) groups is 2. The Morgan fingerprint density at radius 3 is 2.38 bits per heavy atom. The molecule has 92 valence electrons. The molecule has 0 rings (SSSR count). The molecule has 16 heavy (non-hydrogen) atoms. The van der Waals surface area contributed by atoms with Crippen LogP contribution in [0.25, 0.3) is 0 Å². The first-order valence-electron chi connectivity index (χ1n) is 5.18. The van der Waals surface area contributed by atoms with Gasteiger partial charge in [0.1, 0.15) is 6.61 Å². The van der Waals surface area contributed by atoms with Gasteiger partial charge in [0, 0.05) is 0 Å². The largest absolute Gasteiger partial charge is 0.481 e. The van der Waals surface area contributed by atoms with Crippen molar-refractivity contribution in [3.8, 4) is 0 Å². The number of nitrogens with zero attached hydrogens (tertiary/aromatic N) is 1. The zero-order valence-electron chi connectivity index (χ0n) is 9.94. The SMILES string of the molecule is C=CCOC(=O)CC[N+](C)(C)CCC(=O)O. The van der Waals surface area contributed by atoms with Crippen molar-refractivity contribution in [2.45, 2.75) is 12.8 Å². The molecule has 0 aromatic heterocycles. The van der Waals surface area contributed by atoms with Gasteiger partial charge in [-0.15, -0.1) is 0 Å². The normalized spacial score (nSPS) is 10.9. The summed E-state index contributed by atoms with van der Waals surface area (Å²) in [6.45, 7) is 4.74. The lowest BCUT2D eigenvalue weighted by molar-refractivity contribution is -0.889. The van der Waals surface area contributed by atoms with Gasteiger partial charge in [-0.25, -0.2) is 0 Å². The van der Waals surface area contributed by atoms with Gasteiger partial charge in [0.15, 0.2) is 0 Å². The monoisotopic (exact) mass is 230 g/mol. The molecule has 0 amide bonds. The number of carboxylic acids is 1. The number of rotatable bonds is 8. The maximum atomic E-state index is 11.2. The maximum Gasteiger partial charge on any atom is 0.311 e. The van der Waals surface area contributed by atoms with Gasteiger partial charge in [-0.1, -0.05) is 12.7 Å². The fourth-order valence-electron chi connectivity index (χ4n) is 1.13. The number of carboxylic acid groups (broad SMARTS) is 1. The van der Waals surface area contributed by atoms with Crippen LogP contribution in [0.4, 0.5) is 0 Å². The van der Waals surface area contributed by atoms with E-state index in [1.165, 1.54) is 6.08 Å². The number of esters is 1. The molecule has 0 atom stereocenters. The minimum absolute atomic E-state index is 0.106. The second-order valence-corrected chi connectivity index (χ2v) is 4.25. The Balaban J connectivity index is 3.83. The summed E-state index contributed by atoms with van der Waals surface area (Å²) in [5.41, 5.74) is 0. The number of carbonyl (C=O) groups excluding carboxylic acids is 1. The lowest BCUT2D eigenvalue weighted by Crippen LogP contribution is -2.42. The van der Waals surface area contributed by atoms with Gasteiger partial charge in [0.05, 0.1) is 40.0 Å². The van der Waals surface area contributed by atoms with Gasteiger partial charge >= 0.3 is 11.9 Å². The van der Waals surface area contributed by atoms with Gasteiger partial charge < -0.3 is 14.3 Å². The Hall–Kier alpha value is -1.36. The molecule has 5 heteroatoms. The first-order valence-corrected chi connectivity index (χ1v) is 5.18. The predicted molar refractivity (Wildman–Crippen MR) is 59.9 cm³/mol. The maximum absolute atomic E-state index is 11.2. The first-order chi connectivity index (χ1) is 7.37. The quantitative estimate of drug-likeness (QED) is 0.378. The molecule has 0 bridgehead atoms. The van der Waals surface area contributed by atoms with Crippen LogP contribution in [0.1, 0.15) is 12.8 Å². The summed E-state index contributed by atoms with van der Waals surface area (Å²) in [4.78, 5) is 21.6. The van der Waals surface area contributed by atoms with Gasteiger partial charge in [-0.2, -0.15) is 0 Å². The van der Waals surface area contributed by atoms with Crippen LogP contribution in [0.5, 0.6) is 0 Å². The van der Waals surface area contributed by atoms with E-state index in [1.54, 1.807) is 0 Å². The van der Waals surface area contributed by atoms with Crippen molar-refractivity contribution in [3.05, 3.63) is 12.7 Å². The van der Waals surface area contributed by atoms with E-state index in [1.807, 2.05) is 14.1 Å². The number of ether oxygens (including phenoxy) is 1. The van der Waals surface area contributed by atoms with Gasteiger partial charge in [0.25, 0.3) is 0 Å². The van der Waals surface area contributed by atoms with Crippen molar-refractivity contribution in [2.75, 3.05) is 33.8 Å². The Kier molecular flexibility index (Phi) is 6.41. The van der Waals surface area contributed by atoms with E-state index in [2.05, 4.69) is 6.58 Å². The molecule has 0 aliphatic rings. The average Bonchev–Trinajstić information content (AvgIpc) is 2.21. The topological polar surface area (TPSA) is 63.6 Å². The third-order valence-corrected chi connectivity index (χ3v) is 2.21. The number of quaternary nitrogens is 1. The molecule has 1 N–H and O–H groups in total. The molecule has 0 aliphatic heterocycles. The third-order valence-electron chi connectivity index (χ3n) is 2.21. The standard InChI is InChI=1S/C11H19NO4/c1-4-9-16-11(15)6-8-12(2,3)7-5-10(13)14/h4H,1,5-9H2,2-3H3/p+1. The minimum Gasteiger partial charge on any atom is -0.481 e. The molecule has 0 saturated carbocycles. The molecule has 0 spiro atoms. The van der Waals surface area contributed by atoms with Crippen LogP contribution in [-0.4, -0.2) is 55.3 Å². The summed E-state index contributed by atoms with van der Waals surface area (Å²) in [7, 11) is 3.79. The highest BCUT2D eigenvalue weighted by Gasteiger charge is 2.18. The second kappa shape index (κ2) is 7.00. The molecule has 0 aliphatic carbocycles. The highest BCUT2D eigenvalue weighted by Crippen LogP contribution is 2.02. The fraction of sp³-hybridized carbons (Fsp3) is 0.636. The molecule has 0 unspecified atom stereocenters. The number of hydrogen-bond donors (Lipinski definition) is 1. The van der Waals surface area contributed by atoms with Crippen LogP contribution >= 0.6 is 0 Å². The van der Waals surface area contributed by atoms with Gasteiger partial charge in [-0.05, 0) is 0 Å². The van der Waals surface area contributed by atoms with E-state index in [0.717, 1.165) is 0 Å². The minimum atomic E-state index is -0.819. The second-order valence-electron chi connectivity index (χ2n) is 4.25. The highest BCUT2D eigenvalue weighted by molar-refractivity contribution is 5.69. The average molecular weight is 230 g/mol. The Labute approximate surface area is 95.9 Å². The Morgan fingerprint density at radius 2 is 1.88 bits per heavy atom. The summed E-state index contributed by atoms with van der Waals surface area (Å²) in [5, 5.41) is 8.56. The van der Waals surface area contributed by atoms with Crippen LogP contribution in [0, 0.1) is 0 Å². The van der Waals surface area contributed by atoms with E-state index in [-0.39, 0.29) is 19.0 Å². The first kappa shape index (κ1) is 14.6. The van der Waals surface area contributed by atoms with E-state index in [9.17, 15) is 9.59 Å². The zero-order chi connectivity index (χ0) is 12.6. The number of aliphatic carboxylic acids is 1. The summed E-state index contributed by atoms with van der Waals surface area (Å²) in [5.74, 6) is -1.10. The van der Waals surface area contributed by atoms with Crippen LogP contribution in [0.15, 0.2) is 12.7 Å². The number of hydrogen-bond acceptors (Lipinski definition) is 3. The lowest BCUT2D eigenvalue weighted by Gasteiger charge is -2.28. The summed E-state index contributed by atoms with van der Waals surface area (Å²) in [6, 6.07) is 0. The fourth-order valence-corrected chi connectivity index (χ4v) is 1.13. The third kappa shape index (κ3) is 7.99. The summed E-state index contributed by atoms with van der Waals surface area (Å²) < 4.78 is 5.32. The van der Waals surface area contributed by atoms with Crippen molar-refractivity contribution in [2.24, 2.45) is 0 Å². The Bertz CT molecular complexity index is 261. The van der Waals surface area contributed by atoms with Crippen molar-refractivity contribution in [1.82, 2.24) is 0 Å². The molecule has 5 nitrogen and oxygen atoms in total. The smallest absolute Gasteiger partial charge is 0.311 e. The van der Waals surface area contributed by atoms with Crippen molar-refractivity contribution in [3.63, 3.8) is 0 Å². The molecular weight excluding hydrogens is 210 g/mol. The van der Waals surface area contributed by atoms with Crippen LogP contribution in [-0.2, 0) is 14.3 Å². The summed E-state index contributed by atoms with van der Waals surface area (Å²) >= 11 is 0. The zero-order valence-corrected chi connectivity index (χ0v) is 9.94. The molecule has 0 aromatic carbocycles. The van der Waals surface area contributed by atoms with Crippen LogP contribution < -0.4 is 0 Å². The highest BCUT2D eigenvalue weighted by atomic mass is 16.5. The van der Waals surface area contributed by atoms with Crippen molar-refractivity contribution < 1.29 is 23.9 Å². The molecule has 0 heterocycles. The molecule has 0 saturated heterocycles. The molecule has 0 radical (unpaired) electrons. The van der Waals surface area contributed by atoms with Gasteiger partial charge in [0.2, 0.25) is 0 Å². The van der Waals surface area contributed by atoms with E-state index in [4.69, 9.17) is 9.84 Å². The van der Waals surface area contributed by atoms with Crippen LogP contribution in [0.3, 0.4) is 0 Å². The summed E-state index contributed by atoms with van der Waals surface area (Å²) in [6.07, 6.45) is 1.91. The van der Waals surface area contributed by atoms with Crippen molar-refractivity contribution >= 4 is 11.9 Å². The van der Waals surface area contributed by atoms with E-state index >= 15 is 0 Å². The lowest BCUT2D eigenvalue weighted by atomic mass is 10.3. The van der Waals surface area contributed by atoms with E-state index < -0.39 is 5.97 Å². The van der Waals surface area contributed by atoms with Crippen LogP contribution in [0.2, 0.25) is 0 Å². The molecule has 0 fully saturated rings. The van der Waals surface area contributed by atoms with Crippen molar-refractivity contribution in [1.29, 1.82) is 0 Å². The molecular formula is C11H20NO4+.